The Balaban J connectivity index is 2.06. The highest BCUT2D eigenvalue weighted by atomic mass is 16.5. The Bertz CT molecular complexity index is 545. The number of carbonyl (C=O) groups excluding carboxylic acids is 2. The molecule has 1 aromatic rings. The van der Waals surface area contributed by atoms with E-state index < -0.39 is 6.10 Å². The van der Waals surface area contributed by atoms with E-state index in [0.29, 0.717) is 24.2 Å². The third kappa shape index (κ3) is 4.05. The molecular formula is C16H23N3O3. The molecule has 2 amide bonds. The molecule has 4 N–H and O–H groups in total. The van der Waals surface area contributed by atoms with Gasteiger partial charge in [0.15, 0.2) is 0 Å². The van der Waals surface area contributed by atoms with Gasteiger partial charge in [0.1, 0.15) is 6.10 Å². The summed E-state index contributed by atoms with van der Waals surface area (Å²) in [6.07, 6.45) is 0.864. The first-order valence-corrected chi connectivity index (χ1v) is 7.57. The highest BCUT2D eigenvalue weighted by Gasteiger charge is 2.30. The van der Waals surface area contributed by atoms with Crippen molar-refractivity contribution in [3.63, 3.8) is 0 Å². The first kappa shape index (κ1) is 16.5. The molecule has 1 aliphatic rings. The van der Waals surface area contributed by atoms with E-state index in [1.165, 1.54) is 0 Å². The van der Waals surface area contributed by atoms with Crippen molar-refractivity contribution in [3.8, 4) is 0 Å². The van der Waals surface area contributed by atoms with Crippen molar-refractivity contribution in [2.75, 3.05) is 11.9 Å². The van der Waals surface area contributed by atoms with Crippen LogP contribution >= 0.6 is 0 Å². The van der Waals surface area contributed by atoms with Crippen LogP contribution in [0.1, 0.15) is 37.0 Å². The first-order chi connectivity index (χ1) is 10.5. The number of para-hydroxylation sites is 1. The Kier molecular flexibility index (Phi) is 5.51. The Morgan fingerprint density at radius 2 is 2.05 bits per heavy atom. The van der Waals surface area contributed by atoms with Gasteiger partial charge >= 0.3 is 0 Å². The highest BCUT2D eigenvalue weighted by Crippen LogP contribution is 2.22. The van der Waals surface area contributed by atoms with Crippen molar-refractivity contribution in [1.82, 2.24) is 5.32 Å². The van der Waals surface area contributed by atoms with Crippen LogP contribution in [0, 0.1) is 0 Å². The SMILES string of the molecule is CC(C)NC(=O)c1ccccc1NC(=O)[C@@H]1CC[C@H](CN)O1. The Hall–Kier alpha value is -1.92. The molecule has 2 atom stereocenters. The van der Waals surface area contributed by atoms with Gasteiger partial charge in [0.05, 0.1) is 17.4 Å². The fraction of sp³-hybridized carbons (Fsp3) is 0.500. The Labute approximate surface area is 130 Å². The lowest BCUT2D eigenvalue weighted by molar-refractivity contribution is -0.126. The number of ether oxygens (including phenoxy) is 1. The Morgan fingerprint density at radius 1 is 1.32 bits per heavy atom. The van der Waals surface area contributed by atoms with E-state index in [0.717, 1.165) is 6.42 Å². The summed E-state index contributed by atoms with van der Waals surface area (Å²) >= 11 is 0. The number of carbonyl (C=O) groups is 2. The predicted molar refractivity (Wildman–Crippen MR) is 84.6 cm³/mol. The van der Waals surface area contributed by atoms with Gasteiger partial charge in [0, 0.05) is 12.6 Å². The van der Waals surface area contributed by atoms with Crippen LogP contribution in [0.15, 0.2) is 24.3 Å². The van der Waals surface area contributed by atoms with Crippen LogP contribution in [0.3, 0.4) is 0 Å². The topological polar surface area (TPSA) is 93.5 Å². The highest BCUT2D eigenvalue weighted by molar-refractivity contribution is 6.04. The minimum atomic E-state index is -0.505. The molecule has 0 bridgehead atoms. The van der Waals surface area contributed by atoms with Crippen LogP contribution in [0.4, 0.5) is 5.69 Å². The number of anilines is 1. The number of nitrogens with one attached hydrogen (secondary N) is 2. The van der Waals surface area contributed by atoms with Crippen molar-refractivity contribution in [3.05, 3.63) is 29.8 Å². The van der Waals surface area contributed by atoms with Gasteiger partial charge in [0.2, 0.25) is 0 Å². The van der Waals surface area contributed by atoms with E-state index in [1.807, 2.05) is 13.8 Å². The number of rotatable bonds is 5. The molecule has 2 rings (SSSR count). The zero-order valence-corrected chi connectivity index (χ0v) is 13.0. The van der Waals surface area contributed by atoms with Crippen LogP contribution < -0.4 is 16.4 Å². The quantitative estimate of drug-likeness (QED) is 0.763. The molecule has 1 fully saturated rings. The largest absolute Gasteiger partial charge is 0.364 e. The van der Waals surface area contributed by atoms with Crippen LogP contribution in [0.25, 0.3) is 0 Å². The second-order valence-corrected chi connectivity index (χ2v) is 5.72. The van der Waals surface area contributed by atoms with E-state index in [9.17, 15) is 9.59 Å². The average Bonchev–Trinajstić information content (AvgIpc) is 2.96. The maximum Gasteiger partial charge on any atom is 0.253 e. The maximum atomic E-state index is 12.3. The van der Waals surface area contributed by atoms with Gasteiger partial charge in [0.25, 0.3) is 11.8 Å². The molecule has 0 radical (unpaired) electrons. The van der Waals surface area contributed by atoms with Crippen LogP contribution in [0.2, 0.25) is 0 Å². The monoisotopic (exact) mass is 305 g/mol. The van der Waals surface area contributed by atoms with Gasteiger partial charge in [-0.3, -0.25) is 9.59 Å². The summed E-state index contributed by atoms with van der Waals surface area (Å²) in [5.41, 5.74) is 6.48. The van der Waals surface area contributed by atoms with Gasteiger partial charge in [-0.2, -0.15) is 0 Å². The lowest BCUT2D eigenvalue weighted by Crippen LogP contribution is -2.33. The second kappa shape index (κ2) is 7.38. The summed E-state index contributed by atoms with van der Waals surface area (Å²) in [5.74, 6) is -0.446. The first-order valence-electron chi connectivity index (χ1n) is 7.57. The smallest absolute Gasteiger partial charge is 0.253 e. The standard InChI is InChI=1S/C16H23N3O3/c1-10(2)18-15(20)12-5-3-4-6-13(12)19-16(21)14-8-7-11(9-17)22-14/h3-6,10-11,14H,7-9,17H2,1-2H3,(H,18,20)(H,19,21)/t11-,14+/m1/s1. The molecule has 1 saturated heterocycles. The summed E-state index contributed by atoms with van der Waals surface area (Å²) in [6, 6.07) is 6.97. The van der Waals surface area contributed by atoms with Crippen LogP contribution in [-0.4, -0.2) is 36.6 Å². The third-order valence-corrected chi connectivity index (χ3v) is 3.51. The number of hydrogen-bond acceptors (Lipinski definition) is 4. The second-order valence-electron chi connectivity index (χ2n) is 5.72. The number of benzene rings is 1. The average molecular weight is 305 g/mol. The van der Waals surface area contributed by atoms with Gasteiger partial charge in [-0.15, -0.1) is 0 Å². The predicted octanol–water partition coefficient (Wildman–Crippen LogP) is 1.27. The van der Waals surface area contributed by atoms with Gasteiger partial charge < -0.3 is 21.1 Å². The van der Waals surface area contributed by atoms with Crippen LogP contribution in [0.5, 0.6) is 0 Å². The molecule has 6 nitrogen and oxygen atoms in total. The molecule has 1 aromatic carbocycles. The number of hydrogen-bond donors (Lipinski definition) is 3. The van der Waals surface area contributed by atoms with E-state index >= 15 is 0 Å². The fourth-order valence-corrected chi connectivity index (χ4v) is 2.42. The zero-order chi connectivity index (χ0) is 16.1. The minimum Gasteiger partial charge on any atom is -0.364 e. The molecule has 22 heavy (non-hydrogen) atoms. The van der Waals surface area contributed by atoms with E-state index in [4.69, 9.17) is 10.5 Å². The summed E-state index contributed by atoms with van der Waals surface area (Å²) < 4.78 is 5.57. The van der Waals surface area contributed by atoms with Crippen molar-refractivity contribution in [2.24, 2.45) is 5.73 Å². The Morgan fingerprint density at radius 3 is 2.68 bits per heavy atom. The van der Waals surface area contributed by atoms with E-state index in [2.05, 4.69) is 10.6 Å². The lowest BCUT2D eigenvalue weighted by atomic mass is 10.1. The fourth-order valence-electron chi connectivity index (χ4n) is 2.42. The normalized spacial score (nSPS) is 20.9. The molecule has 1 aliphatic heterocycles. The van der Waals surface area contributed by atoms with E-state index in [1.54, 1.807) is 24.3 Å². The molecule has 0 aliphatic carbocycles. The van der Waals surface area contributed by atoms with Crippen molar-refractivity contribution in [1.29, 1.82) is 0 Å². The van der Waals surface area contributed by atoms with Crippen LogP contribution in [-0.2, 0) is 9.53 Å². The maximum absolute atomic E-state index is 12.3. The van der Waals surface area contributed by atoms with Crippen molar-refractivity contribution in [2.45, 2.75) is 44.9 Å². The molecule has 1 heterocycles. The number of amides is 2. The van der Waals surface area contributed by atoms with Gasteiger partial charge in [-0.1, -0.05) is 12.1 Å². The zero-order valence-electron chi connectivity index (χ0n) is 13.0. The molecule has 0 spiro atoms. The molecule has 6 heteroatoms. The summed E-state index contributed by atoms with van der Waals surface area (Å²) in [6.45, 7) is 4.19. The summed E-state index contributed by atoms with van der Waals surface area (Å²) in [5, 5.41) is 5.61. The summed E-state index contributed by atoms with van der Waals surface area (Å²) in [7, 11) is 0. The van der Waals surface area contributed by atoms with E-state index in [-0.39, 0.29) is 24.0 Å². The molecular weight excluding hydrogens is 282 g/mol. The third-order valence-electron chi connectivity index (χ3n) is 3.51. The molecule has 0 unspecified atom stereocenters. The molecule has 120 valence electrons. The van der Waals surface area contributed by atoms with Crippen molar-refractivity contribution >= 4 is 17.5 Å². The minimum absolute atomic E-state index is 0.0275. The molecule has 0 aromatic heterocycles. The summed E-state index contributed by atoms with van der Waals surface area (Å²) in [4.78, 5) is 24.4. The van der Waals surface area contributed by atoms with Gasteiger partial charge in [-0.05, 0) is 38.8 Å². The number of nitrogens with two attached hydrogens (primary N) is 1. The van der Waals surface area contributed by atoms with Crippen molar-refractivity contribution < 1.29 is 14.3 Å². The molecule has 0 saturated carbocycles. The van der Waals surface area contributed by atoms with Gasteiger partial charge in [-0.25, -0.2) is 0 Å². The lowest BCUT2D eigenvalue weighted by Gasteiger charge is -2.16.